The lowest BCUT2D eigenvalue weighted by Gasteiger charge is -2.03. The van der Waals surface area contributed by atoms with Gasteiger partial charge in [-0.05, 0) is 36.2 Å². The summed E-state index contributed by atoms with van der Waals surface area (Å²) in [5.41, 5.74) is 1.75. The van der Waals surface area contributed by atoms with Crippen LogP contribution in [0.25, 0.3) is 6.08 Å². The standard InChI is InChI=1S/C16H20/c1-3-4-10-15-13-16(15,2)12-11-14-8-6-5-7-9-14/h3,5-9,11-12,15H,1,4,10,13H2,2H3/b12-11+/t15-,16-/m1/s1. The Morgan fingerprint density at radius 2 is 2.12 bits per heavy atom. The van der Waals surface area contributed by atoms with Crippen LogP contribution in [0, 0.1) is 11.3 Å². The Morgan fingerprint density at radius 3 is 2.81 bits per heavy atom. The highest BCUT2D eigenvalue weighted by Gasteiger charge is 2.46. The second kappa shape index (κ2) is 4.69. The van der Waals surface area contributed by atoms with Crippen LogP contribution in [0.1, 0.15) is 31.7 Å². The molecule has 84 valence electrons. The molecule has 1 aliphatic rings. The van der Waals surface area contributed by atoms with Gasteiger partial charge in [0.2, 0.25) is 0 Å². The van der Waals surface area contributed by atoms with Gasteiger partial charge in [-0.2, -0.15) is 0 Å². The Bertz CT molecular complexity index is 374. The van der Waals surface area contributed by atoms with Gasteiger partial charge in [-0.25, -0.2) is 0 Å². The van der Waals surface area contributed by atoms with E-state index < -0.39 is 0 Å². The summed E-state index contributed by atoms with van der Waals surface area (Å²) in [5, 5.41) is 0. The maximum absolute atomic E-state index is 3.78. The first-order chi connectivity index (χ1) is 7.74. The van der Waals surface area contributed by atoms with Crippen molar-refractivity contribution in [1.82, 2.24) is 0 Å². The topological polar surface area (TPSA) is 0 Å². The summed E-state index contributed by atoms with van der Waals surface area (Å²) >= 11 is 0. The number of benzene rings is 1. The summed E-state index contributed by atoms with van der Waals surface area (Å²) in [6, 6.07) is 10.5. The third kappa shape index (κ3) is 2.63. The molecule has 1 aromatic rings. The SMILES string of the molecule is C=CCC[C@@H]1C[C@@]1(C)/C=C/c1ccccc1. The molecule has 0 aromatic heterocycles. The molecule has 0 aliphatic heterocycles. The first kappa shape index (κ1) is 11.2. The Hall–Kier alpha value is -1.30. The first-order valence-electron chi connectivity index (χ1n) is 6.10. The number of allylic oxidation sites excluding steroid dienone is 2. The number of hydrogen-bond acceptors (Lipinski definition) is 0. The highest BCUT2D eigenvalue weighted by molar-refractivity contribution is 5.50. The van der Waals surface area contributed by atoms with E-state index in [-0.39, 0.29) is 0 Å². The van der Waals surface area contributed by atoms with Gasteiger partial charge in [0.15, 0.2) is 0 Å². The molecule has 1 fully saturated rings. The van der Waals surface area contributed by atoms with Gasteiger partial charge in [-0.3, -0.25) is 0 Å². The molecule has 2 atom stereocenters. The minimum absolute atomic E-state index is 0.443. The molecule has 2 rings (SSSR count). The molecule has 0 heterocycles. The second-order valence-corrected chi connectivity index (χ2v) is 5.02. The van der Waals surface area contributed by atoms with Gasteiger partial charge in [0.1, 0.15) is 0 Å². The zero-order valence-corrected chi connectivity index (χ0v) is 10.0. The van der Waals surface area contributed by atoms with Crippen LogP contribution < -0.4 is 0 Å². The van der Waals surface area contributed by atoms with E-state index in [9.17, 15) is 0 Å². The quantitative estimate of drug-likeness (QED) is 0.621. The molecule has 0 unspecified atom stereocenters. The van der Waals surface area contributed by atoms with E-state index in [2.05, 4.69) is 56.0 Å². The van der Waals surface area contributed by atoms with E-state index in [1.807, 2.05) is 6.08 Å². The predicted octanol–water partition coefficient (Wildman–Crippen LogP) is 4.69. The van der Waals surface area contributed by atoms with Gasteiger partial charge in [-0.1, -0.05) is 55.5 Å². The monoisotopic (exact) mass is 212 g/mol. The fourth-order valence-corrected chi connectivity index (χ4v) is 2.28. The molecule has 1 aliphatic carbocycles. The molecule has 0 heteroatoms. The van der Waals surface area contributed by atoms with Crippen molar-refractivity contribution in [3.63, 3.8) is 0 Å². The molecule has 0 N–H and O–H groups in total. The van der Waals surface area contributed by atoms with E-state index in [1.165, 1.54) is 18.4 Å². The summed E-state index contributed by atoms with van der Waals surface area (Å²) in [4.78, 5) is 0. The molecule has 1 saturated carbocycles. The van der Waals surface area contributed by atoms with Crippen LogP contribution >= 0.6 is 0 Å². The summed E-state index contributed by atoms with van der Waals surface area (Å²) < 4.78 is 0. The van der Waals surface area contributed by atoms with Gasteiger partial charge in [-0.15, -0.1) is 6.58 Å². The Labute approximate surface area is 98.7 Å². The van der Waals surface area contributed by atoms with Crippen LogP contribution in [0.4, 0.5) is 0 Å². The lowest BCUT2D eigenvalue weighted by molar-refractivity contribution is 0.594. The van der Waals surface area contributed by atoms with Crippen molar-refractivity contribution in [1.29, 1.82) is 0 Å². The Kier molecular flexibility index (Phi) is 3.28. The minimum atomic E-state index is 0.443. The average molecular weight is 212 g/mol. The second-order valence-electron chi connectivity index (χ2n) is 5.02. The summed E-state index contributed by atoms with van der Waals surface area (Å²) in [6.45, 7) is 6.15. The van der Waals surface area contributed by atoms with Gasteiger partial charge in [0.25, 0.3) is 0 Å². The van der Waals surface area contributed by atoms with Crippen molar-refractivity contribution >= 4 is 6.08 Å². The highest BCUT2D eigenvalue weighted by atomic mass is 14.5. The highest BCUT2D eigenvalue weighted by Crippen LogP contribution is 2.56. The molecule has 0 radical (unpaired) electrons. The van der Waals surface area contributed by atoms with Crippen LogP contribution in [0.5, 0.6) is 0 Å². The van der Waals surface area contributed by atoms with E-state index >= 15 is 0 Å². The van der Waals surface area contributed by atoms with Crippen molar-refractivity contribution in [3.05, 3.63) is 54.6 Å². The molecule has 0 nitrogen and oxygen atoms in total. The molecule has 0 bridgehead atoms. The Morgan fingerprint density at radius 1 is 1.38 bits per heavy atom. The average Bonchev–Trinajstić information content (AvgIpc) is 2.97. The molecular formula is C16H20. The number of rotatable bonds is 5. The summed E-state index contributed by atoms with van der Waals surface area (Å²) in [6.07, 6.45) is 10.5. The lowest BCUT2D eigenvalue weighted by Crippen LogP contribution is -1.92. The zero-order chi connectivity index (χ0) is 11.4. The van der Waals surface area contributed by atoms with Gasteiger partial charge >= 0.3 is 0 Å². The summed E-state index contributed by atoms with van der Waals surface area (Å²) in [5.74, 6) is 0.866. The normalized spacial score (nSPS) is 28.2. The van der Waals surface area contributed by atoms with Crippen molar-refractivity contribution in [3.8, 4) is 0 Å². The molecule has 16 heavy (non-hydrogen) atoms. The van der Waals surface area contributed by atoms with Gasteiger partial charge in [0.05, 0.1) is 0 Å². The maximum Gasteiger partial charge on any atom is -0.0112 e. The largest absolute Gasteiger partial charge is 0.103 e. The summed E-state index contributed by atoms with van der Waals surface area (Å²) in [7, 11) is 0. The van der Waals surface area contributed by atoms with Crippen molar-refractivity contribution < 1.29 is 0 Å². The third-order valence-corrected chi connectivity index (χ3v) is 3.63. The van der Waals surface area contributed by atoms with Crippen LogP contribution in [-0.4, -0.2) is 0 Å². The lowest BCUT2D eigenvalue weighted by atomic mass is 10.0. The Balaban J connectivity index is 1.91. The molecule has 0 spiro atoms. The minimum Gasteiger partial charge on any atom is -0.103 e. The van der Waals surface area contributed by atoms with Gasteiger partial charge < -0.3 is 0 Å². The number of hydrogen-bond donors (Lipinski definition) is 0. The molecule has 0 amide bonds. The van der Waals surface area contributed by atoms with Crippen molar-refractivity contribution in [2.24, 2.45) is 11.3 Å². The third-order valence-electron chi connectivity index (χ3n) is 3.63. The zero-order valence-electron chi connectivity index (χ0n) is 10.0. The van der Waals surface area contributed by atoms with E-state index in [0.29, 0.717) is 5.41 Å². The van der Waals surface area contributed by atoms with Crippen LogP contribution in [0.3, 0.4) is 0 Å². The van der Waals surface area contributed by atoms with Crippen LogP contribution in [0.15, 0.2) is 49.1 Å². The molecular weight excluding hydrogens is 192 g/mol. The van der Waals surface area contributed by atoms with Crippen LogP contribution in [0.2, 0.25) is 0 Å². The first-order valence-corrected chi connectivity index (χ1v) is 6.10. The predicted molar refractivity (Wildman–Crippen MR) is 71.1 cm³/mol. The molecule has 0 saturated heterocycles. The van der Waals surface area contributed by atoms with E-state index in [0.717, 1.165) is 12.3 Å². The smallest absolute Gasteiger partial charge is 0.0112 e. The molecule has 1 aromatic carbocycles. The fraction of sp³-hybridized carbons (Fsp3) is 0.375. The van der Waals surface area contributed by atoms with E-state index in [4.69, 9.17) is 0 Å². The van der Waals surface area contributed by atoms with E-state index in [1.54, 1.807) is 0 Å². The van der Waals surface area contributed by atoms with Crippen LogP contribution in [-0.2, 0) is 0 Å². The maximum atomic E-state index is 3.78. The fourth-order valence-electron chi connectivity index (χ4n) is 2.28. The van der Waals surface area contributed by atoms with Crippen molar-refractivity contribution in [2.75, 3.05) is 0 Å². The van der Waals surface area contributed by atoms with Gasteiger partial charge in [0, 0.05) is 0 Å². The van der Waals surface area contributed by atoms with Crippen molar-refractivity contribution in [2.45, 2.75) is 26.2 Å².